The fourth-order valence-electron chi connectivity index (χ4n) is 3.14. The van der Waals surface area contributed by atoms with Crippen LogP contribution in [0, 0.1) is 3.57 Å². The van der Waals surface area contributed by atoms with Crippen LogP contribution in [0.3, 0.4) is 0 Å². The van der Waals surface area contributed by atoms with Crippen LogP contribution in [-0.4, -0.2) is 40.7 Å². The van der Waals surface area contributed by atoms with Crippen LogP contribution in [0.2, 0.25) is 0 Å². The molecule has 0 saturated heterocycles. The number of benzene rings is 1. The zero-order chi connectivity index (χ0) is 18.3. The van der Waals surface area contributed by atoms with E-state index < -0.39 is 0 Å². The van der Waals surface area contributed by atoms with Crippen molar-refractivity contribution in [3.05, 3.63) is 33.4 Å². The summed E-state index contributed by atoms with van der Waals surface area (Å²) in [7, 11) is 3.21. The second kappa shape index (κ2) is 6.71. The molecule has 0 fully saturated rings. The molecule has 9 heteroatoms. The SMILES string of the molecule is COc1cc2nc(N3CCc4ncncc4C3)nc(N)c2c(I)c1OC. The molecule has 26 heavy (non-hydrogen) atoms. The van der Waals surface area contributed by atoms with E-state index in [0.717, 1.165) is 38.7 Å². The molecule has 0 atom stereocenters. The molecule has 134 valence electrons. The third-order valence-corrected chi connectivity index (χ3v) is 5.46. The van der Waals surface area contributed by atoms with Crippen LogP contribution < -0.4 is 20.1 Å². The lowest BCUT2D eigenvalue weighted by Gasteiger charge is -2.28. The molecule has 3 heterocycles. The summed E-state index contributed by atoms with van der Waals surface area (Å²) in [6, 6.07) is 1.83. The van der Waals surface area contributed by atoms with E-state index >= 15 is 0 Å². The number of nitrogen functional groups attached to an aromatic ring is 1. The van der Waals surface area contributed by atoms with E-state index in [-0.39, 0.29) is 0 Å². The summed E-state index contributed by atoms with van der Waals surface area (Å²) in [5.74, 6) is 2.26. The first-order chi connectivity index (χ1) is 12.6. The van der Waals surface area contributed by atoms with Crippen LogP contribution in [0.5, 0.6) is 11.5 Å². The minimum Gasteiger partial charge on any atom is -0.493 e. The number of nitrogens with zero attached hydrogens (tertiary/aromatic N) is 5. The Labute approximate surface area is 163 Å². The number of anilines is 2. The molecule has 0 unspecified atom stereocenters. The number of halogens is 1. The second-order valence-electron chi connectivity index (χ2n) is 5.90. The van der Waals surface area contributed by atoms with Crippen LogP contribution >= 0.6 is 22.6 Å². The van der Waals surface area contributed by atoms with Gasteiger partial charge in [-0.05, 0) is 22.6 Å². The number of rotatable bonds is 3. The van der Waals surface area contributed by atoms with Crippen LogP contribution in [0.25, 0.3) is 10.9 Å². The average Bonchev–Trinajstić information content (AvgIpc) is 2.66. The Hall–Kier alpha value is -2.43. The molecule has 8 nitrogen and oxygen atoms in total. The van der Waals surface area contributed by atoms with Gasteiger partial charge in [0.15, 0.2) is 11.5 Å². The largest absolute Gasteiger partial charge is 0.493 e. The summed E-state index contributed by atoms with van der Waals surface area (Å²) in [6.45, 7) is 1.44. The minimum absolute atomic E-state index is 0.422. The Bertz CT molecular complexity index is 997. The molecule has 1 aromatic carbocycles. The van der Waals surface area contributed by atoms with Gasteiger partial charge in [-0.1, -0.05) is 0 Å². The molecule has 0 radical (unpaired) electrons. The molecular formula is C17H17IN6O2. The van der Waals surface area contributed by atoms with Crippen molar-refractivity contribution in [3.63, 3.8) is 0 Å². The second-order valence-corrected chi connectivity index (χ2v) is 6.97. The Morgan fingerprint density at radius 3 is 2.85 bits per heavy atom. The quantitative estimate of drug-likeness (QED) is 0.590. The van der Waals surface area contributed by atoms with E-state index in [1.165, 1.54) is 0 Å². The van der Waals surface area contributed by atoms with Gasteiger partial charge in [-0.15, -0.1) is 0 Å². The summed E-state index contributed by atoms with van der Waals surface area (Å²) in [5, 5.41) is 0.771. The maximum absolute atomic E-state index is 6.27. The molecule has 0 bridgehead atoms. The Kier molecular flexibility index (Phi) is 4.39. The van der Waals surface area contributed by atoms with Crippen LogP contribution in [0.1, 0.15) is 11.3 Å². The topological polar surface area (TPSA) is 99.3 Å². The fraction of sp³-hybridized carbons (Fsp3) is 0.294. The number of nitrogens with two attached hydrogens (primary N) is 1. The Morgan fingerprint density at radius 1 is 1.23 bits per heavy atom. The summed E-state index contributed by atoms with van der Waals surface area (Å²) >= 11 is 2.18. The number of hydrogen-bond acceptors (Lipinski definition) is 8. The number of ether oxygens (including phenoxy) is 2. The normalized spacial score (nSPS) is 13.6. The smallest absolute Gasteiger partial charge is 0.228 e. The summed E-state index contributed by atoms with van der Waals surface area (Å²) < 4.78 is 11.7. The molecule has 3 aromatic rings. The fourth-order valence-corrected chi connectivity index (χ4v) is 4.18. The van der Waals surface area contributed by atoms with Crippen molar-refractivity contribution in [3.8, 4) is 11.5 Å². The lowest BCUT2D eigenvalue weighted by molar-refractivity contribution is 0.354. The predicted octanol–water partition coefficient (Wildman–Crippen LogP) is 2.19. The molecular weight excluding hydrogens is 447 g/mol. The molecule has 2 aromatic heterocycles. The highest BCUT2D eigenvalue weighted by molar-refractivity contribution is 14.1. The number of hydrogen-bond donors (Lipinski definition) is 1. The van der Waals surface area contributed by atoms with Gasteiger partial charge in [-0.2, -0.15) is 4.98 Å². The zero-order valence-corrected chi connectivity index (χ0v) is 16.5. The van der Waals surface area contributed by atoms with Crippen LogP contribution in [0.4, 0.5) is 11.8 Å². The van der Waals surface area contributed by atoms with E-state index in [4.69, 9.17) is 20.2 Å². The van der Waals surface area contributed by atoms with E-state index in [1.807, 2.05) is 12.3 Å². The van der Waals surface area contributed by atoms with Gasteiger partial charge in [0.05, 0.1) is 34.4 Å². The molecule has 1 aliphatic rings. The van der Waals surface area contributed by atoms with E-state index in [1.54, 1.807) is 20.5 Å². The molecule has 4 rings (SSSR count). The van der Waals surface area contributed by atoms with Gasteiger partial charge >= 0.3 is 0 Å². The molecule has 0 spiro atoms. The number of methoxy groups -OCH3 is 2. The summed E-state index contributed by atoms with van der Waals surface area (Å²) in [4.78, 5) is 19.8. The van der Waals surface area contributed by atoms with Crippen molar-refractivity contribution in [2.24, 2.45) is 0 Å². The summed E-state index contributed by atoms with van der Waals surface area (Å²) in [6.07, 6.45) is 4.25. The lowest BCUT2D eigenvalue weighted by atomic mass is 10.1. The minimum atomic E-state index is 0.422. The summed E-state index contributed by atoms with van der Waals surface area (Å²) in [5.41, 5.74) is 9.16. The van der Waals surface area contributed by atoms with Gasteiger partial charge in [0.1, 0.15) is 12.1 Å². The molecule has 2 N–H and O–H groups in total. The first-order valence-corrected chi connectivity index (χ1v) is 9.10. The maximum Gasteiger partial charge on any atom is 0.228 e. The van der Waals surface area contributed by atoms with Crippen molar-refractivity contribution >= 4 is 45.3 Å². The molecule has 0 aliphatic carbocycles. The van der Waals surface area contributed by atoms with Gasteiger partial charge in [0.2, 0.25) is 5.95 Å². The highest BCUT2D eigenvalue weighted by Gasteiger charge is 2.23. The maximum atomic E-state index is 6.27. The first-order valence-electron chi connectivity index (χ1n) is 8.02. The van der Waals surface area contributed by atoms with Crippen molar-refractivity contribution in [1.29, 1.82) is 0 Å². The van der Waals surface area contributed by atoms with Crippen molar-refractivity contribution in [2.45, 2.75) is 13.0 Å². The number of aromatic nitrogens is 4. The zero-order valence-electron chi connectivity index (χ0n) is 14.4. The predicted molar refractivity (Wildman–Crippen MR) is 107 cm³/mol. The average molecular weight is 464 g/mol. The molecule has 0 saturated carbocycles. The van der Waals surface area contributed by atoms with Gasteiger partial charge in [0.25, 0.3) is 0 Å². The lowest BCUT2D eigenvalue weighted by Crippen LogP contribution is -2.32. The Balaban J connectivity index is 1.81. The number of fused-ring (bicyclic) bond motifs is 2. The Morgan fingerprint density at radius 2 is 2.08 bits per heavy atom. The van der Waals surface area contributed by atoms with E-state index in [2.05, 4.69) is 42.4 Å². The van der Waals surface area contributed by atoms with Gasteiger partial charge in [-0.25, -0.2) is 15.0 Å². The highest BCUT2D eigenvalue weighted by Crippen LogP contribution is 2.40. The van der Waals surface area contributed by atoms with Gasteiger partial charge < -0.3 is 20.1 Å². The van der Waals surface area contributed by atoms with Crippen molar-refractivity contribution in [2.75, 3.05) is 31.4 Å². The van der Waals surface area contributed by atoms with Crippen LogP contribution in [-0.2, 0) is 13.0 Å². The van der Waals surface area contributed by atoms with E-state index in [0.29, 0.717) is 29.8 Å². The third kappa shape index (κ3) is 2.75. The van der Waals surface area contributed by atoms with E-state index in [9.17, 15) is 0 Å². The molecule has 0 amide bonds. The van der Waals surface area contributed by atoms with Crippen molar-refractivity contribution < 1.29 is 9.47 Å². The standard InChI is InChI=1S/C17H17IN6O2/c1-25-12-5-11-13(14(18)15(12)26-2)16(19)23-17(22-11)24-4-3-10-9(7-24)6-20-8-21-10/h5-6,8H,3-4,7H2,1-2H3,(H2,19,22,23). The molecule has 1 aliphatic heterocycles. The third-order valence-electron chi connectivity index (χ3n) is 4.43. The van der Waals surface area contributed by atoms with Gasteiger partial charge in [-0.3, -0.25) is 0 Å². The monoisotopic (exact) mass is 464 g/mol. The van der Waals surface area contributed by atoms with Gasteiger partial charge in [0, 0.05) is 37.3 Å². The van der Waals surface area contributed by atoms with Crippen molar-refractivity contribution in [1.82, 2.24) is 19.9 Å². The highest BCUT2D eigenvalue weighted by atomic mass is 127. The van der Waals surface area contributed by atoms with Crippen LogP contribution in [0.15, 0.2) is 18.6 Å². The first kappa shape index (κ1) is 17.0.